The van der Waals surface area contributed by atoms with E-state index in [4.69, 9.17) is 11.6 Å². The zero-order valence-corrected chi connectivity index (χ0v) is 12.8. The molecule has 2 atom stereocenters. The summed E-state index contributed by atoms with van der Waals surface area (Å²) in [6.45, 7) is 1.88. The molecule has 0 radical (unpaired) electrons. The van der Waals surface area contributed by atoms with Gasteiger partial charge in [0.1, 0.15) is 0 Å². The summed E-state index contributed by atoms with van der Waals surface area (Å²) in [4.78, 5) is 0. The molecule has 100 valence electrons. The van der Waals surface area contributed by atoms with Crippen molar-refractivity contribution in [2.75, 3.05) is 16.8 Å². The molecule has 1 aromatic rings. The fourth-order valence-electron chi connectivity index (χ4n) is 1.92. The van der Waals surface area contributed by atoms with Crippen molar-refractivity contribution in [3.63, 3.8) is 0 Å². The lowest BCUT2D eigenvalue weighted by Gasteiger charge is -2.18. The zero-order valence-electron chi connectivity index (χ0n) is 9.65. The predicted molar refractivity (Wildman–Crippen MR) is 76.0 cm³/mol. The molecule has 0 bridgehead atoms. The number of aryl methyl sites for hydroxylation is 1. The van der Waals surface area contributed by atoms with Gasteiger partial charge in [-0.3, -0.25) is 0 Å². The normalized spacial score (nSPS) is 26.2. The molecule has 0 spiro atoms. The highest BCUT2D eigenvalue weighted by Gasteiger charge is 2.36. The van der Waals surface area contributed by atoms with Gasteiger partial charge in [0.2, 0.25) is 0 Å². The monoisotopic (exact) mass is 353 g/mol. The number of nitrogens with one attached hydrogen (secondary N) is 1. The van der Waals surface area contributed by atoms with Crippen molar-refractivity contribution in [2.24, 2.45) is 0 Å². The van der Waals surface area contributed by atoms with Crippen LogP contribution in [0.1, 0.15) is 5.56 Å². The fourth-order valence-corrected chi connectivity index (χ4v) is 4.40. The van der Waals surface area contributed by atoms with E-state index in [1.807, 2.05) is 13.0 Å². The number of anilines is 1. The number of aliphatic hydroxyl groups is 1. The summed E-state index contributed by atoms with van der Waals surface area (Å²) in [7, 11) is -3.16. The van der Waals surface area contributed by atoms with E-state index in [0.717, 1.165) is 10.0 Å². The van der Waals surface area contributed by atoms with Crippen LogP contribution in [0.4, 0.5) is 5.69 Å². The van der Waals surface area contributed by atoms with Crippen molar-refractivity contribution in [3.8, 4) is 0 Å². The van der Waals surface area contributed by atoms with Crippen molar-refractivity contribution in [2.45, 2.75) is 19.1 Å². The quantitative estimate of drug-likeness (QED) is 0.852. The third-order valence-corrected chi connectivity index (χ3v) is 5.69. The molecule has 18 heavy (non-hydrogen) atoms. The number of benzene rings is 1. The minimum absolute atomic E-state index is 0.0634. The Morgan fingerprint density at radius 1 is 1.44 bits per heavy atom. The number of rotatable bonds is 2. The van der Waals surface area contributed by atoms with E-state index in [1.54, 1.807) is 6.07 Å². The van der Waals surface area contributed by atoms with Crippen LogP contribution in [-0.2, 0) is 9.84 Å². The molecule has 0 aromatic heterocycles. The average molecular weight is 355 g/mol. The number of hydrogen-bond acceptors (Lipinski definition) is 4. The van der Waals surface area contributed by atoms with E-state index >= 15 is 0 Å². The molecule has 1 aliphatic rings. The second-order valence-electron chi connectivity index (χ2n) is 4.48. The van der Waals surface area contributed by atoms with E-state index in [2.05, 4.69) is 21.2 Å². The Kier molecular flexibility index (Phi) is 3.92. The van der Waals surface area contributed by atoms with E-state index < -0.39 is 22.0 Å². The van der Waals surface area contributed by atoms with Crippen LogP contribution in [0.3, 0.4) is 0 Å². The molecule has 1 saturated heterocycles. The zero-order chi connectivity index (χ0) is 13.5. The summed E-state index contributed by atoms with van der Waals surface area (Å²) in [5, 5.41) is 13.3. The maximum Gasteiger partial charge on any atom is 0.155 e. The SMILES string of the molecule is Cc1cc(Br)c(NC2CS(=O)(=O)CC2O)cc1Cl. The summed E-state index contributed by atoms with van der Waals surface area (Å²) in [6.07, 6.45) is -0.887. The minimum atomic E-state index is -3.16. The maximum atomic E-state index is 11.4. The van der Waals surface area contributed by atoms with E-state index in [9.17, 15) is 13.5 Å². The largest absolute Gasteiger partial charge is 0.390 e. The minimum Gasteiger partial charge on any atom is -0.390 e. The Morgan fingerprint density at radius 3 is 2.67 bits per heavy atom. The second kappa shape index (κ2) is 5.00. The van der Waals surface area contributed by atoms with Gasteiger partial charge in [-0.1, -0.05) is 11.6 Å². The van der Waals surface area contributed by atoms with Crippen molar-refractivity contribution < 1.29 is 13.5 Å². The molecule has 0 aliphatic carbocycles. The first-order chi connectivity index (χ1) is 8.28. The van der Waals surface area contributed by atoms with E-state index in [1.165, 1.54) is 0 Å². The van der Waals surface area contributed by atoms with Crippen LogP contribution in [0.2, 0.25) is 5.02 Å². The van der Waals surface area contributed by atoms with Gasteiger partial charge in [-0.05, 0) is 40.5 Å². The molecule has 2 unspecified atom stereocenters. The molecule has 1 heterocycles. The van der Waals surface area contributed by atoms with Crippen LogP contribution in [0.5, 0.6) is 0 Å². The molecule has 1 aromatic carbocycles. The van der Waals surface area contributed by atoms with Crippen molar-refractivity contribution in [1.29, 1.82) is 0 Å². The highest BCUT2D eigenvalue weighted by molar-refractivity contribution is 9.10. The molecule has 0 saturated carbocycles. The van der Waals surface area contributed by atoms with Gasteiger partial charge in [0.15, 0.2) is 9.84 Å². The number of halogens is 2. The smallest absolute Gasteiger partial charge is 0.155 e. The third-order valence-electron chi connectivity index (χ3n) is 2.91. The molecular weight excluding hydrogens is 342 g/mol. The molecule has 2 N–H and O–H groups in total. The standard InChI is InChI=1S/C11H13BrClNO3S/c1-6-2-7(12)9(3-8(6)13)14-10-4-18(16,17)5-11(10)15/h2-3,10-11,14-15H,4-5H2,1H3. The van der Waals surface area contributed by atoms with E-state index in [0.29, 0.717) is 10.7 Å². The number of sulfone groups is 1. The van der Waals surface area contributed by atoms with Gasteiger partial charge in [-0.2, -0.15) is 0 Å². The van der Waals surface area contributed by atoms with Crippen LogP contribution in [0.15, 0.2) is 16.6 Å². The number of hydrogen-bond donors (Lipinski definition) is 2. The highest BCUT2D eigenvalue weighted by Crippen LogP contribution is 2.30. The summed E-state index contributed by atoms with van der Waals surface area (Å²) < 4.78 is 23.6. The molecule has 1 fully saturated rings. The summed E-state index contributed by atoms with van der Waals surface area (Å²) in [5.41, 5.74) is 1.61. The molecular formula is C11H13BrClNO3S. The fraction of sp³-hybridized carbons (Fsp3) is 0.455. The Balaban J connectivity index is 2.23. The first-order valence-corrected chi connectivity index (χ1v) is 8.38. The topological polar surface area (TPSA) is 66.4 Å². The third kappa shape index (κ3) is 2.99. The van der Waals surface area contributed by atoms with Crippen LogP contribution < -0.4 is 5.32 Å². The number of aliphatic hydroxyl groups excluding tert-OH is 1. The summed E-state index contributed by atoms with van der Waals surface area (Å²) in [5.74, 6) is -0.256. The lowest BCUT2D eigenvalue weighted by Crippen LogP contribution is -2.31. The van der Waals surface area contributed by atoms with Crippen LogP contribution >= 0.6 is 27.5 Å². The molecule has 2 rings (SSSR count). The highest BCUT2D eigenvalue weighted by atomic mass is 79.9. The predicted octanol–water partition coefficient (Wildman–Crippen LogP) is 1.98. The second-order valence-corrected chi connectivity index (χ2v) is 7.89. The first kappa shape index (κ1) is 14.1. The average Bonchev–Trinajstić information content (AvgIpc) is 2.48. The van der Waals surface area contributed by atoms with Crippen molar-refractivity contribution >= 4 is 43.1 Å². The van der Waals surface area contributed by atoms with E-state index in [-0.39, 0.29) is 11.5 Å². The molecule has 4 nitrogen and oxygen atoms in total. The van der Waals surface area contributed by atoms with Crippen LogP contribution in [0.25, 0.3) is 0 Å². The Labute approximate surface area is 119 Å². The van der Waals surface area contributed by atoms with Gasteiger partial charge >= 0.3 is 0 Å². The van der Waals surface area contributed by atoms with Gasteiger partial charge in [0.25, 0.3) is 0 Å². The molecule has 1 aliphatic heterocycles. The summed E-state index contributed by atoms with van der Waals surface area (Å²) in [6, 6.07) is 3.07. The maximum absolute atomic E-state index is 11.4. The van der Waals surface area contributed by atoms with Crippen LogP contribution in [-0.4, -0.2) is 37.2 Å². The lowest BCUT2D eigenvalue weighted by atomic mass is 10.2. The van der Waals surface area contributed by atoms with Crippen LogP contribution in [0, 0.1) is 6.92 Å². The Bertz CT molecular complexity index is 576. The molecule has 7 heteroatoms. The lowest BCUT2D eigenvalue weighted by molar-refractivity contribution is 0.190. The Hall–Kier alpha value is -0.300. The summed E-state index contributed by atoms with van der Waals surface area (Å²) >= 11 is 9.41. The van der Waals surface area contributed by atoms with Gasteiger partial charge < -0.3 is 10.4 Å². The van der Waals surface area contributed by atoms with Gasteiger partial charge in [0.05, 0.1) is 29.3 Å². The van der Waals surface area contributed by atoms with Gasteiger partial charge in [-0.25, -0.2) is 8.42 Å². The Morgan fingerprint density at radius 2 is 2.11 bits per heavy atom. The van der Waals surface area contributed by atoms with Crippen molar-refractivity contribution in [1.82, 2.24) is 0 Å². The van der Waals surface area contributed by atoms with Gasteiger partial charge in [0, 0.05) is 9.50 Å². The first-order valence-electron chi connectivity index (χ1n) is 5.39. The van der Waals surface area contributed by atoms with Gasteiger partial charge in [-0.15, -0.1) is 0 Å². The van der Waals surface area contributed by atoms with Crippen molar-refractivity contribution in [3.05, 3.63) is 27.2 Å². The molecule has 0 amide bonds.